The molecule has 5 nitrogen and oxygen atoms in total. The average molecular weight is 367 g/mol. The Morgan fingerprint density at radius 1 is 1.00 bits per heavy atom. The van der Waals surface area contributed by atoms with Gasteiger partial charge in [0.1, 0.15) is 5.75 Å². The van der Waals surface area contributed by atoms with Gasteiger partial charge in [0.25, 0.3) is 5.91 Å². The maximum Gasteiger partial charge on any atom is 0.253 e. The molecular weight excluding hydrogens is 338 g/mol. The molecule has 1 aliphatic rings. The standard InChI is InChI=1S/C22H29N3O2/c1-23(2)11-4-12-24-13-15-25(16-14-24)22(27)20-6-3-5-19(17-20)18-7-9-21(26)10-8-18/h3,5-10,17,26H,4,11-16H2,1-2H3. The van der Waals surface area contributed by atoms with Crippen molar-refractivity contribution in [1.29, 1.82) is 0 Å². The molecule has 1 N–H and O–H groups in total. The lowest BCUT2D eigenvalue weighted by atomic mass is 10.0. The SMILES string of the molecule is CN(C)CCCN1CCN(C(=O)c2cccc(-c3ccc(O)cc3)c2)CC1. The van der Waals surface area contributed by atoms with Crippen LogP contribution in [0, 0.1) is 0 Å². The second-order valence-corrected chi connectivity index (χ2v) is 7.42. The zero-order valence-electron chi connectivity index (χ0n) is 16.3. The first-order valence-electron chi connectivity index (χ1n) is 9.59. The number of carbonyl (C=O) groups excluding carboxylic acids is 1. The highest BCUT2D eigenvalue weighted by molar-refractivity contribution is 5.95. The first-order valence-corrected chi connectivity index (χ1v) is 9.59. The molecule has 27 heavy (non-hydrogen) atoms. The topological polar surface area (TPSA) is 47.0 Å². The fraction of sp³-hybridized carbons (Fsp3) is 0.409. The largest absolute Gasteiger partial charge is 0.508 e. The van der Waals surface area contributed by atoms with Crippen LogP contribution in [0.15, 0.2) is 48.5 Å². The van der Waals surface area contributed by atoms with E-state index in [4.69, 9.17) is 0 Å². The van der Waals surface area contributed by atoms with E-state index in [1.165, 1.54) is 0 Å². The van der Waals surface area contributed by atoms with Crippen LogP contribution in [0.1, 0.15) is 16.8 Å². The molecule has 3 rings (SSSR count). The number of hydrogen-bond donors (Lipinski definition) is 1. The number of carbonyl (C=O) groups is 1. The Balaban J connectivity index is 1.59. The van der Waals surface area contributed by atoms with Gasteiger partial charge in [0, 0.05) is 31.7 Å². The normalized spacial score (nSPS) is 15.3. The number of hydrogen-bond acceptors (Lipinski definition) is 4. The maximum atomic E-state index is 12.9. The molecule has 0 saturated carbocycles. The lowest BCUT2D eigenvalue weighted by Gasteiger charge is -2.35. The van der Waals surface area contributed by atoms with E-state index in [1.54, 1.807) is 12.1 Å². The molecule has 0 radical (unpaired) electrons. The first-order chi connectivity index (χ1) is 13.0. The van der Waals surface area contributed by atoms with Crippen molar-refractivity contribution in [3.63, 3.8) is 0 Å². The van der Waals surface area contributed by atoms with Gasteiger partial charge in [-0.2, -0.15) is 0 Å². The monoisotopic (exact) mass is 367 g/mol. The van der Waals surface area contributed by atoms with Gasteiger partial charge in [-0.1, -0.05) is 24.3 Å². The molecule has 0 aliphatic carbocycles. The van der Waals surface area contributed by atoms with Crippen molar-refractivity contribution in [2.75, 3.05) is 53.4 Å². The quantitative estimate of drug-likeness (QED) is 0.853. The molecule has 1 amide bonds. The van der Waals surface area contributed by atoms with Crippen molar-refractivity contribution in [1.82, 2.24) is 14.7 Å². The summed E-state index contributed by atoms with van der Waals surface area (Å²) in [5.41, 5.74) is 2.71. The minimum atomic E-state index is 0.101. The van der Waals surface area contributed by atoms with Gasteiger partial charge < -0.3 is 14.9 Å². The molecule has 144 valence electrons. The molecular formula is C22H29N3O2. The molecule has 1 heterocycles. The van der Waals surface area contributed by atoms with Crippen LogP contribution in [0.25, 0.3) is 11.1 Å². The van der Waals surface area contributed by atoms with Gasteiger partial charge in [0.05, 0.1) is 0 Å². The Morgan fingerprint density at radius 3 is 2.37 bits per heavy atom. The van der Waals surface area contributed by atoms with Crippen molar-refractivity contribution in [3.05, 3.63) is 54.1 Å². The minimum Gasteiger partial charge on any atom is -0.508 e. The molecule has 2 aromatic carbocycles. The molecule has 0 aromatic heterocycles. The lowest BCUT2D eigenvalue weighted by molar-refractivity contribution is 0.0634. The Hall–Kier alpha value is -2.37. The van der Waals surface area contributed by atoms with Gasteiger partial charge in [-0.05, 0) is 69.0 Å². The molecule has 1 fully saturated rings. The molecule has 0 unspecified atom stereocenters. The van der Waals surface area contributed by atoms with E-state index in [0.717, 1.165) is 62.4 Å². The smallest absolute Gasteiger partial charge is 0.253 e. The van der Waals surface area contributed by atoms with Crippen LogP contribution in [0.2, 0.25) is 0 Å². The Bertz CT molecular complexity index is 750. The predicted octanol–water partition coefficient (Wildman–Crippen LogP) is 2.77. The summed E-state index contributed by atoms with van der Waals surface area (Å²) in [6.07, 6.45) is 1.16. The van der Waals surface area contributed by atoms with Crippen molar-refractivity contribution >= 4 is 5.91 Å². The third kappa shape index (κ3) is 5.31. The van der Waals surface area contributed by atoms with Gasteiger partial charge in [0.15, 0.2) is 0 Å². The van der Waals surface area contributed by atoms with E-state index in [2.05, 4.69) is 23.9 Å². The number of amides is 1. The zero-order valence-corrected chi connectivity index (χ0v) is 16.3. The summed E-state index contributed by atoms with van der Waals surface area (Å²) in [7, 11) is 4.20. The van der Waals surface area contributed by atoms with Crippen LogP contribution in [0.5, 0.6) is 5.75 Å². The van der Waals surface area contributed by atoms with Crippen molar-refractivity contribution in [3.8, 4) is 16.9 Å². The summed E-state index contributed by atoms with van der Waals surface area (Å²) in [5, 5.41) is 9.45. The van der Waals surface area contributed by atoms with Crippen molar-refractivity contribution < 1.29 is 9.90 Å². The van der Waals surface area contributed by atoms with Crippen LogP contribution in [-0.2, 0) is 0 Å². The molecule has 1 aliphatic heterocycles. The third-order valence-corrected chi connectivity index (χ3v) is 5.05. The van der Waals surface area contributed by atoms with Crippen molar-refractivity contribution in [2.24, 2.45) is 0 Å². The second kappa shape index (κ2) is 9.02. The molecule has 2 aromatic rings. The minimum absolute atomic E-state index is 0.101. The highest BCUT2D eigenvalue weighted by Gasteiger charge is 2.22. The predicted molar refractivity (Wildman–Crippen MR) is 109 cm³/mol. The van der Waals surface area contributed by atoms with E-state index in [-0.39, 0.29) is 11.7 Å². The fourth-order valence-electron chi connectivity index (χ4n) is 3.45. The van der Waals surface area contributed by atoms with Crippen LogP contribution in [-0.4, -0.2) is 79.1 Å². The van der Waals surface area contributed by atoms with Crippen molar-refractivity contribution in [2.45, 2.75) is 6.42 Å². The van der Waals surface area contributed by atoms with Crippen LogP contribution in [0.4, 0.5) is 0 Å². The van der Waals surface area contributed by atoms with E-state index < -0.39 is 0 Å². The van der Waals surface area contributed by atoms with Gasteiger partial charge in [-0.15, -0.1) is 0 Å². The average Bonchev–Trinajstić information content (AvgIpc) is 2.68. The summed E-state index contributed by atoms with van der Waals surface area (Å²) in [6, 6.07) is 14.8. The summed E-state index contributed by atoms with van der Waals surface area (Å²) in [4.78, 5) is 19.5. The number of nitrogens with zero attached hydrogens (tertiary/aromatic N) is 3. The molecule has 0 spiro atoms. The van der Waals surface area contributed by atoms with Gasteiger partial charge >= 0.3 is 0 Å². The molecule has 0 atom stereocenters. The van der Waals surface area contributed by atoms with Gasteiger partial charge in [-0.25, -0.2) is 0 Å². The second-order valence-electron chi connectivity index (χ2n) is 7.42. The summed E-state index contributed by atoms with van der Waals surface area (Å²) < 4.78 is 0. The number of piperazine rings is 1. The summed E-state index contributed by atoms with van der Waals surface area (Å²) in [5.74, 6) is 0.345. The van der Waals surface area contributed by atoms with Gasteiger partial charge in [-0.3, -0.25) is 9.69 Å². The van der Waals surface area contributed by atoms with E-state index >= 15 is 0 Å². The Morgan fingerprint density at radius 2 is 1.70 bits per heavy atom. The third-order valence-electron chi connectivity index (χ3n) is 5.05. The van der Waals surface area contributed by atoms with E-state index in [0.29, 0.717) is 0 Å². The zero-order chi connectivity index (χ0) is 19.2. The number of aromatic hydroxyl groups is 1. The number of phenolic OH excluding ortho intramolecular Hbond substituents is 1. The van der Waals surface area contributed by atoms with Gasteiger partial charge in [0.2, 0.25) is 0 Å². The Kier molecular flexibility index (Phi) is 6.48. The lowest BCUT2D eigenvalue weighted by Crippen LogP contribution is -2.49. The number of rotatable bonds is 6. The van der Waals surface area contributed by atoms with Crippen LogP contribution < -0.4 is 0 Å². The number of benzene rings is 2. The maximum absolute atomic E-state index is 12.9. The van der Waals surface area contributed by atoms with Crippen LogP contribution >= 0.6 is 0 Å². The van der Waals surface area contributed by atoms with E-state index in [9.17, 15) is 9.90 Å². The molecule has 1 saturated heterocycles. The fourth-order valence-corrected chi connectivity index (χ4v) is 3.45. The highest BCUT2D eigenvalue weighted by Crippen LogP contribution is 2.23. The number of phenols is 1. The molecule has 0 bridgehead atoms. The Labute approximate surface area is 161 Å². The first kappa shape index (κ1) is 19.4. The van der Waals surface area contributed by atoms with E-state index in [1.807, 2.05) is 41.3 Å². The van der Waals surface area contributed by atoms with Crippen LogP contribution in [0.3, 0.4) is 0 Å². The summed E-state index contributed by atoms with van der Waals surface area (Å²) >= 11 is 0. The highest BCUT2D eigenvalue weighted by atomic mass is 16.3. The summed E-state index contributed by atoms with van der Waals surface area (Å²) in [6.45, 7) is 5.64. The molecule has 5 heteroatoms.